The van der Waals surface area contributed by atoms with E-state index in [1.54, 1.807) is 6.07 Å². The predicted octanol–water partition coefficient (Wildman–Crippen LogP) is 1.38. The van der Waals surface area contributed by atoms with E-state index in [0.29, 0.717) is 6.42 Å². The number of benzene rings is 1. The molecule has 1 rings (SSSR count). The molecule has 0 fully saturated rings. The summed E-state index contributed by atoms with van der Waals surface area (Å²) in [4.78, 5) is -0.529. The Morgan fingerprint density at radius 1 is 1.45 bits per heavy atom. The molecule has 0 aliphatic rings. The van der Waals surface area contributed by atoms with Gasteiger partial charge in [-0.2, -0.15) is 5.26 Å². The van der Waals surface area contributed by atoms with Gasteiger partial charge in [-0.1, -0.05) is 13.8 Å². The molecule has 0 bridgehead atoms. The third kappa shape index (κ3) is 4.27. The van der Waals surface area contributed by atoms with E-state index in [1.165, 1.54) is 6.07 Å². The minimum atomic E-state index is -4.07. The second-order valence-corrected chi connectivity index (χ2v) is 6.57. The molecule has 1 aromatic rings. The van der Waals surface area contributed by atoms with Gasteiger partial charge in [-0.05, 0) is 30.5 Å². The average Bonchev–Trinajstić information content (AvgIpc) is 2.36. The number of hydrogen-bond donors (Lipinski definition) is 2. The Morgan fingerprint density at radius 2 is 2.10 bits per heavy atom. The Kier molecular flexibility index (Phi) is 5.62. The third-order valence-electron chi connectivity index (χ3n) is 2.65. The van der Waals surface area contributed by atoms with E-state index in [2.05, 4.69) is 4.72 Å². The zero-order chi connectivity index (χ0) is 15.3. The molecule has 7 heteroatoms. The van der Waals surface area contributed by atoms with Crippen LogP contribution in [0.25, 0.3) is 0 Å². The summed E-state index contributed by atoms with van der Waals surface area (Å²) in [5.41, 5.74) is 0.0438. The van der Waals surface area contributed by atoms with Crippen molar-refractivity contribution < 1.29 is 17.9 Å². The molecule has 5 nitrogen and oxygen atoms in total. The number of aliphatic hydroxyl groups is 1. The fourth-order valence-electron chi connectivity index (χ4n) is 1.80. The van der Waals surface area contributed by atoms with E-state index in [4.69, 9.17) is 5.26 Å². The summed E-state index contributed by atoms with van der Waals surface area (Å²) in [5, 5.41) is 17.8. The number of nitrogens with zero attached hydrogens (tertiary/aromatic N) is 1. The number of halogens is 1. The van der Waals surface area contributed by atoms with Crippen molar-refractivity contribution in [2.45, 2.75) is 31.2 Å². The Hall–Kier alpha value is -1.49. The number of sulfonamides is 1. The Morgan fingerprint density at radius 3 is 2.55 bits per heavy atom. The fourth-order valence-corrected chi connectivity index (χ4v) is 3.10. The summed E-state index contributed by atoms with van der Waals surface area (Å²) in [6, 6.07) is 4.20. The summed E-state index contributed by atoms with van der Waals surface area (Å²) in [6.45, 7) is 3.41. The molecular formula is C13H17FN2O3S. The molecule has 0 aliphatic heterocycles. The quantitative estimate of drug-likeness (QED) is 0.830. The van der Waals surface area contributed by atoms with Gasteiger partial charge < -0.3 is 5.11 Å². The van der Waals surface area contributed by atoms with Gasteiger partial charge >= 0.3 is 0 Å². The van der Waals surface area contributed by atoms with Crippen molar-refractivity contribution in [2.75, 3.05) is 6.61 Å². The molecule has 20 heavy (non-hydrogen) atoms. The molecule has 0 amide bonds. The lowest BCUT2D eigenvalue weighted by Crippen LogP contribution is -2.38. The molecule has 0 saturated heterocycles. The van der Waals surface area contributed by atoms with Gasteiger partial charge in [-0.25, -0.2) is 17.5 Å². The van der Waals surface area contributed by atoms with Crippen LogP contribution < -0.4 is 4.72 Å². The summed E-state index contributed by atoms with van der Waals surface area (Å²) in [5.74, 6) is -0.807. The summed E-state index contributed by atoms with van der Waals surface area (Å²) < 4.78 is 40.1. The van der Waals surface area contributed by atoms with Crippen molar-refractivity contribution in [2.24, 2.45) is 5.92 Å². The molecule has 1 aromatic carbocycles. The van der Waals surface area contributed by atoms with Gasteiger partial charge in [0.05, 0.1) is 18.2 Å². The van der Waals surface area contributed by atoms with Crippen LogP contribution >= 0.6 is 0 Å². The lowest BCUT2D eigenvalue weighted by molar-refractivity contribution is 0.240. The summed E-state index contributed by atoms with van der Waals surface area (Å²) in [6.07, 6.45) is 0.438. The fraction of sp³-hybridized carbons (Fsp3) is 0.462. The van der Waals surface area contributed by atoms with Gasteiger partial charge in [-0.3, -0.25) is 0 Å². The lowest BCUT2D eigenvalue weighted by atomic mass is 10.1. The van der Waals surface area contributed by atoms with Crippen LogP contribution in [0, 0.1) is 23.1 Å². The van der Waals surface area contributed by atoms with Gasteiger partial charge in [0.1, 0.15) is 10.7 Å². The normalized spacial score (nSPS) is 13.2. The molecule has 2 N–H and O–H groups in total. The Balaban J connectivity index is 3.02. The summed E-state index contributed by atoms with van der Waals surface area (Å²) >= 11 is 0. The first-order chi connectivity index (χ1) is 9.30. The van der Waals surface area contributed by atoms with Gasteiger partial charge in [0.25, 0.3) is 0 Å². The highest BCUT2D eigenvalue weighted by molar-refractivity contribution is 7.89. The smallest absolute Gasteiger partial charge is 0.243 e. The van der Waals surface area contributed by atoms with Crippen molar-refractivity contribution in [3.8, 4) is 6.07 Å². The third-order valence-corrected chi connectivity index (χ3v) is 4.20. The van der Waals surface area contributed by atoms with Crippen LogP contribution in [0.15, 0.2) is 23.1 Å². The van der Waals surface area contributed by atoms with E-state index in [0.717, 1.165) is 12.1 Å². The van der Waals surface area contributed by atoms with Gasteiger partial charge in [0.15, 0.2) is 0 Å². The molecule has 110 valence electrons. The molecular weight excluding hydrogens is 283 g/mol. The highest BCUT2D eigenvalue weighted by atomic mass is 32.2. The minimum Gasteiger partial charge on any atom is -0.395 e. The zero-order valence-corrected chi connectivity index (χ0v) is 12.1. The number of nitrogens with one attached hydrogen (secondary N) is 1. The van der Waals surface area contributed by atoms with Crippen LogP contribution in [0.5, 0.6) is 0 Å². The van der Waals surface area contributed by atoms with Crippen LogP contribution in [0.2, 0.25) is 0 Å². The van der Waals surface area contributed by atoms with E-state index in [1.807, 2.05) is 13.8 Å². The van der Waals surface area contributed by atoms with Crippen molar-refractivity contribution in [1.82, 2.24) is 4.72 Å². The van der Waals surface area contributed by atoms with Crippen LogP contribution in [-0.2, 0) is 10.0 Å². The topological polar surface area (TPSA) is 90.2 Å². The van der Waals surface area contributed by atoms with Gasteiger partial charge in [0, 0.05) is 6.04 Å². The molecule has 0 saturated carbocycles. The number of aliphatic hydroxyl groups excluding tert-OH is 1. The number of rotatable bonds is 6. The highest BCUT2D eigenvalue weighted by Gasteiger charge is 2.23. The van der Waals surface area contributed by atoms with Crippen molar-refractivity contribution in [3.63, 3.8) is 0 Å². The molecule has 0 aromatic heterocycles. The maximum Gasteiger partial charge on any atom is 0.243 e. The molecule has 1 unspecified atom stereocenters. The predicted molar refractivity (Wildman–Crippen MR) is 71.8 cm³/mol. The van der Waals surface area contributed by atoms with Gasteiger partial charge in [0.2, 0.25) is 10.0 Å². The maximum absolute atomic E-state index is 13.7. The SMILES string of the molecule is CC(C)CC(CO)NS(=O)(=O)c1ccc(C#N)cc1F. The number of hydrogen-bond acceptors (Lipinski definition) is 4. The molecule has 0 aliphatic carbocycles. The zero-order valence-electron chi connectivity index (χ0n) is 11.3. The van der Waals surface area contributed by atoms with E-state index in [-0.39, 0.29) is 18.1 Å². The van der Waals surface area contributed by atoms with Crippen LogP contribution in [0.1, 0.15) is 25.8 Å². The summed E-state index contributed by atoms with van der Waals surface area (Å²) in [7, 11) is -4.07. The van der Waals surface area contributed by atoms with Crippen molar-refractivity contribution >= 4 is 10.0 Å². The monoisotopic (exact) mass is 300 g/mol. The second-order valence-electron chi connectivity index (χ2n) is 4.89. The Bertz CT molecular complexity index is 609. The molecule has 0 radical (unpaired) electrons. The lowest BCUT2D eigenvalue weighted by Gasteiger charge is -2.18. The van der Waals surface area contributed by atoms with E-state index in [9.17, 15) is 17.9 Å². The van der Waals surface area contributed by atoms with Crippen LogP contribution in [-0.4, -0.2) is 26.2 Å². The van der Waals surface area contributed by atoms with E-state index < -0.39 is 26.8 Å². The second kappa shape index (κ2) is 6.79. The van der Waals surface area contributed by atoms with Crippen molar-refractivity contribution in [1.29, 1.82) is 5.26 Å². The first kappa shape index (κ1) is 16.6. The van der Waals surface area contributed by atoms with E-state index >= 15 is 0 Å². The minimum absolute atomic E-state index is 0.0438. The average molecular weight is 300 g/mol. The standard InChI is InChI=1S/C13H17FN2O3S/c1-9(2)5-11(8-17)16-20(18,19)13-4-3-10(7-15)6-12(13)14/h3-4,6,9,11,16-17H,5,8H2,1-2H3. The first-order valence-corrected chi connectivity index (χ1v) is 7.61. The van der Waals surface area contributed by atoms with Gasteiger partial charge in [-0.15, -0.1) is 0 Å². The molecule has 0 heterocycles. The van der Waals surface area contributed by atoms with Crippen molar-refractivity contribution in [3.05, 3.63) is 29.6 Å². The first-order valence-electron chi connectivity index (χ1n) is 6.13. The highest BCUT2D eigenvalue weighted by Crippen LogP contribution is 2.17. The Labute approximate surface area is 118 Å². The molecule has 0 spiro atoms. The van der Waals surface area contributed by atoms with Crippen LogP contribution in [0.3, 0.4) is 0 Å². The maximum atomic E-state index is 13.7. The number of nitriles is 1. The van der Waals surface area contributed by atoms with Crippen LogP contribution in [0.4, 0.5) is 4.39 Å². The molecule has 1 atom stereocenters. The largest absolute Gasteiger partial charge is 0.395 e.